The Morgan fingerprint density at radius 3 is 2.32 bits per heavy atom. The van der Waals surface area contributed by atoms with Crippen molar-refractivity contribution in [2.75, 3.05) is 25.5 Å². The fourth-order valence-electron chi connectivity index (χ4n) is 2.25. The number of rotatable bonds is 7. The second-order valence-corrected chi connectivity index (χ2v) is 7.04. The Bertz CT molecular complexity index is 328. The molecule has 0 aromatic heterocycles. The summed E-state index contributed by atoms with van der Waals surface area (Å²) >= 11 is 0. The Morgan fingerprint density at radius 2 is 1.79 bits per heavy atom. The molecule has 0 aliphatic heterocycles. The first-order valence-electron chi connectivity index (χ1n) is 6.81. The number of nitrogens with two attached hydrogens (primary N) is 1. The Balaban J connectivity index is 0.00000324. The molecule has 7 heteroatoms. The molecule has 5 nitrogen and oxygen atoms in total. The molecule has 0 spiro atoms. The van der Waals surface area contributed by atoms with Gasteiger partial charge in [-0.1, -0.05) is 25.7 Å². The second-order valence-electron chi connectivity index (χ2n) is 5.11. The molecule has 1 saturated carbocycles. The van der Waals surface area contributed by atoms with Gasteiger partial charge in [-0.3, -0.25) is 0 Å². The summed E-state index contributed by atoms with van der Waals surface area (Å²) in [5.41, 5.74) is 5.90. The summed E-state index contributed by atoms with van der Waals surface area (Å²) in [6, 6.07) is 0. The van der Waals surface area contributed by atoms with Crippen LogP contribution in [0.2, 0.25) is 0 Å². The van der Waals surface area contributed by atoms with E-state index in [4.69, 9.17) is 10.5 Å². The van der Waals surface area contributed by atoms with Gasteiger partial charge in [-0.15, -0.1) is 12.4 Å². The monoisotopic (exact) mass is 314 g/mol. The van der Waals surface area contributed by atoms with Crippen molar-refractivity contribution < 1.29 is 13.2 Å². The van der Waals surface area contributed by atoms with E-state index in [1.165, 1.54) is 12.8 Å². The number of hydrogen-bond donors (Lipinski definition) is 2. The Hall–Kier alpha value is 0.120. The van der Waals surface area contributed by atoms with Crippen molar-refractivity contribution in [1.29, 1.82) is 0 Å². The molecule has 0 aromatic carbocycles. The molecule has 1 fully saturated rings. The molecule has 0 aromatic rings. The van der Waals surface area contributed by atoms with Crippen LogP contribution in [-0.2, 0) is 14.8 Å². The normalized spacial score (nSPS) is 19.5. The number of halogens is 1. The van der Waals surface area contributed by atoms with Gasteiger partial charge in [0.1, 0.15) is 0 Å². The van der Waals surface area contributed by atoms with E-state index in [9.17, 15) is 8.42 Å². The van der Waals surface area contributed by atoms with Crippen molar-refractivity contribution in [2.24, 2.45) is 5.73 Å². The Morgan fingerprint density at radius 1 is 1.21 bits per heavy atom. The average Bonchev–Trinajstić information content (AvgIpc) is 2.53. The second kappa shape index (κ2) is 9.13. The molecule has 0 heterocycles. The lowest BCUT2D eigenvalue weighted by molar-refractivity contribution is 0.163. The van der Waals surface area contributed by atoms with Crippen LogP contribution in [0.15, 0.2) is 0 Å². The van der Waals surface area contributed by atoms with Gasteiger partial charge < -0.3 is 10.5 Å². The third-order valence-corrected chi connectivity index (χ3v) is 4.73. The molecule has 1 rings (SSSR count). The van der Waals surface area contributed by atoms with E-state index in [1.807, 2.05) is 6.92 Å². The molecular weight excluding hydrogens is 288 g/mol. The van der Waals surface area contributed by atoms with Gasteiger partial charge in [0.05, 0.1) is 12.4 Å². The fraction of sp³-hybridized carbons (Fsp3) is 1.00. The first-order valence-corrected chi connectivity index (χ1v) is 8.47. The van der Waals surface area contributed by atoms with Gasteiger partial charge in [-0.2, -0.15) is 0 Å². The van der Waals surface area contributed by atoms with Gasteiger partial charge >= 0.3 is 0 Å². The van der Waals surface area contributed by atoms with Crippen LogP contribution in [0.3, 0.4) is 0 Å². The van der Waals surface area contributed by atoms with E-state index < -0.39 is 10.0 Å². The van der Waals surface area contributed by atoms with Crippen molar-refractivity contribution >= 4 is 22.4 Å². The first kappa shape index (κ1) is 19.1. The number of nitrogens with one attached hydrogen (secondary N) is 1. The van der Waals surface area contributed by atoms with Crippen LogP contribution in [0.1, 0.15) is 45.4 Å². The lowest BCUT2D eigenvalue weighted by Gasteiger charge is -2.28. The number of ether oxygens (including phenoxy) is 1. The Labute approximate surface area is 123 Å². The zero-order chi connectivity index (χ0) is 13.5. The summed E-state index contributed by atoms with van der Waals surface area (Å²) in [4.78, 5) is 0. The number of hydrogen-bond acceptors (Lipinski definition) is 4. The van der Waals surface area contributed by atoms with E-state index in [1.54, 1.807) is 0 Å². The standard InChI is InChI=1S/C12H26N2O3S.ClH/c1-2-17-9-10-18(15,16)14-11-12(13)7-5-3-4-6-8-12;/h14H,2-11,13H2,1H3;1H. The van der Waals surface area contributed by atoms with Crippen molar-refractivity contribution in [1.82, 2.24) is 4.72 Å². The van der Waals surface area contributed by atoms with Crippen LogP contribution in [0.4, 0.5) is 0 Å². The predicted molar refractivity (Wildman–Crippen MR) is 80.2 cm³/mol. The summed E-state index contributed by atoms with van der Waals surface area (Å²) in [6.45, 7) is 2.97. The minimum absolute atomic E-state index is 0. The summed E-state index contributed by atoms with van der Waals surface area (Å²) in [7, 11) is -3.26. The smallest absolute Gasteiger partial charge is 0.213 e. The van der Waals surface area contributed by atoms with Crippen LogP contribution in [0, 0.1) is 0 Å². The molecule has 0 amide bonds. The lowest BCUT2D eigenvalue weighted by Crippen LogP contribution is -2.50. The van der Waals surface area contributed by atoms with Gasteiger partial charge in [0, 0.05) is 18.7 Å². The van der Waals surface area contributed by atoms with Crippen LogP contribution in [-0.4, -0.2) is 39.5 Å². The molecule has 3 N–H and O–H groups in total. The number of sulfonamides is 1. The zero-order valence-corrected chi connectivity index (χ0v) is 13.3. The van der Waals surface area contributed by atoms with Crippen LogP contribution < -0.4 is 10.5 Å². The van der Waals surface area contributed by atoms with Crippen molar-refractivity contribution in [3.63, 3.8) is 0 Å². The molecule has 19 heavy (non-hydrogen) atoms. The average molecular weight is 315 g/mol. The molecule has 0 saturated heterocycles. The first-order chi connectivity index (χ1) is 8.47. The lowest BCUT2D eigenvalue weighted by atomic mass is 9.92. The minimum atomic E-state index is -3.26. The van der Waals surface area contributed by atoms with Crippen LogP contribution in [0.5, 0.6) is 0 Å². The minimum Gasteiger partial charge on any atom is -0.381 e. The molecule has 0 unspecified atom stereocenters. The molecule has 0 atom stereocenters. The van der Waals surface area contributed by atoms with Gasteiger partial charge in [0.15, 0.2) is 0 Å². The molecule has 0 radical (unpaired) electrons. The van der Waals surface area contributed by atoms with Crippen LogP contribution >= 0.6 is 12.4 Å². The van der Waals surface area contributed by atoms with Gasteiger partial charge in [-0.25, -0.2) is 13.1 Å². The third kappa shape index (κ3) is 8.09. The van der Waals surface area contributed by atoms with Gasteiger partial charge in [0.2, 0.25) is 10.0 Å². The molecular formula is C12H27ClN2O3S. The van der Waals surface area contributed by atoms with Crippen LogP contribution in [0.25, 0.3) is 0 Å². The maximum absolute atomic E-state index is 11.7. The van der Waals surface area contributed by atoms with E-state index in [2.05, 4.69) is 4.72 Å². The van der Waals surface area contributed by atoms with E-state index in [-0.39, 0.29) is 30.3 Å². The Kier molecular flexibility index (Phi) is 9.19. The summed E-state index contributed by atoms with van der Waals surface area (Å²) < 4.78 is 31.1. The van der Waals surface area contributed by atoms with E-state index in [0.29, 0.717) is 13.2 Å². The van der Waals surface area contributed by atoms with Crippen molar-refractivity contribution in [2.45, 2.75) is 51.0 Å². The van der Waals surface area contributed by atoms with Gasteiger partial charge in [0.25, 0.3) is 0 Å². The highest BCUT2D eigenvalue weighted by Crippen LogP contribution is 2.24. The molecule has 1 aliphatic carbocycles. The maximum Gasteiger partial charge on any atom is 0.213 e. The largest absolute Gasteiger partial charge is 0.381 e. The van der Waals surface area contributed by atoms with E-state index in [0.717, 1.165) is 25.7 Å². The highest BCUT2D eigenvalue weighted by molar-refractivity contribution is 7.89. The SMILES string of the molecule is CCOCCS(=O)(=O)NCC1(N)CCCCCC1.Cl. The third-order valence-electron chi connectivity index (χ3n) is 3.44. The quantitative estimate of drug-likeness (QED) is 0.550. The summed E-state index contributed by atoms with van der Waals surface area (Å²) in [6.07, 6.45) is 6.41. The maximum atomic E-state index is 11.7. The van der Waals surface area contributed by atoms with Crippen molar-refractivity contribution in [3.05, 3.63) is 0 Å². The molecule has 1 aliphatic rings. The molecule has 116 valence electrons. The zero-order valence-electron chi connectivity index (χ0n) is 11.7. The topological polar surface area (TPSA) is 81.4 Å². The predicted octanol–water partition coefficient (Wildman–Crippen LogP) is 1.42. The highest BCUT2D eigenvalue weighted by Gasteiger charge is 2.27. The fourth-order valence-corrected chi connectivity index (χ4v) is 3.24. The van der Waals surface area contributed by atoms with Gasteiger partial charge in [-0.05, 0) is 19.8 Å². The summed E-state index contributed by atoms with van der Waals surface area (Å²) in [5.74, 6) is 0.0108. The van der Waals surface area contributed by atoms with E-state index >= 15 is 0 Å². The molecule has 0 bridgehead atoms. The van der Waals surface area contributed by atoms with Crippen molar-refractivity contribution in [3.8, 4) is 0 Å². The summed E-state index contributed by atoms with van der Waals surface area (Å²) in [5, 5.41) is 0. The highest BCUT2D eigenvalue weighted by atomic mass is 35.5.